The minimum absolute atomic E-state index is 0.0116. The Labute approximate surface area is 143 Å². The Kier molecular flexibility index (Phi) is 5.74. The molecule has 23 heavy (non-hydrogen) atoms. The largest absolute Gasteiger partial charge is 0.462 e. The summed E-state index contributed by atoms with van der Waals surface area (Å²) < 4.78 is 28.7. The van der Waals surface area contributed by atoms with E-state index in [2.05, 4.69) is 5.32 Å². The molecule has 0 saturated heterocycles. The number of carbonyl (C=O) groups is 2. The molecule has 0 bridgehead atoms. The molecule has 2 rings (SSSR count). The first kappa shape index (κ1) is 18.3. The van der Waals surface area contributed by atoms with Gasteiger partial charge < -0.3 is 10.1 Å². The Hall–Kier alpha value is -1.06. The van der Waals surface area contributed by atoms with Crippen LogP contribution in [-0.4, -0.2) is 44.2 Å². The normalized spacial score (nSPS) is 17.2. The number of fused-ring (bicyclic) bond motifs is 1. The van der Waals surface area contributed by atoms with E-state index in [0.29, 0.717) is 21.0 Å². The molecule has 0 aromatic carbocycles. The van der Waals surface area contributed by atoms with Crippen LogP contribution in [0.5, 0.6) is 0 Å². The number of ether oxygens (including phenoxy) is 1. The Bertz CT molecular complexity index is 723. The molecule has 0 saturated carbocycles. The summed E-state index contributed by atoms with van der Waals surface area (Å²) in [6.45, 7) is 3.69. The smallest absolute Gasteiger partial charge is 0.341 e. The summed E-state index contributed by atoms with van der Waals surface area (Å²) >= 11 is 2.55. The second-order valence-electron chi connectivity index (χ2n) is 5.14. The van der Waals surface area contributed by atoms with Gasteiger partial charge in [0.1, 0.15) is 5.00 Å². The zero-order valence-electron chi connectivity index (χ0n) is 13.2. The molecule has 0 radical (unpaired) electrons. The van der Waals surface area contributed by atoms with E-state index in [0.717, 1.165) is 11.3 Å². The summed E-state index contributed by atoms with van der Waals surface area (Å²) in [5, 5.41) is 2.86. The highest BCUT2D eigenvalue weighted by Crippen LogP contribution is 2.38. The fraction of sp³-hybridized carbons (Fsp3) is 0.571. The highest BCUT2D eigenvalue weighted by Gasteiger charge is 2.32. The molecule has 1 aliphatic rings. The monoisotopic (exact) mass is 377 g/mol. The van der Waals surface area contributed by atoms with E-state index in [9.17, 15) is 18.0 Å². The Morgan fingerprint density at radius 1 is 1.43 bits per heavy atom. The average molecular weight is 378 g/mol. The summed E-state index contributed by atoms with van der Waals surface area (Å²) in [5.74, 6) is -0.814. The molecule has 1 aliphatic heterocycles. The first-order chi connectivity index (χ1) is 10.8. The predicted octanol–water partition coefficient (Wildman–Crippen LogP) is 2.09. The third kappa shape index (κ3) is 4.07. The number of rotatable bonds is 5. The van der Waals surface area contributed by atoms with Crippen molar-refractivity contribution < 1.29 is 22.7 Å². The molecular weight excluding hydrogens is 358 g/mol. The Morgan fingerprint density at radius 2 is 2.13 bits per heavy atom. The van der Waals surface area contributed by atoms with Crippen molar-refractivity contribution in [2.24, 2.45) is 0 Å². The molecular formula is C14H19NO5S3. The summed E-state index contributed by atoms with van der Waals surface area (Å²) in [6, 6.07) is 0. The second kappa shape index (κ2) is 7.23. The molecule has 9 heteroatoms. The maximum absolute atomic E-state index is 12.3. The first-order valence-electron chi connectivity index (χ1n) is 7.14. The van der Waals surface area contributed by atoms with Gasteiger partial charge in [-0.2, -0.15) is 11.8 Å². The van der Waals surface area contributed by atoms with Crippen LogP contribution in [0.1, 0.15) is 34.6 Å². The third-order valence-electron chi connectivity index (χ3n) is 3.54. The van der Waals surface area contributed by atoms with Crippen LogP contribution in [-0.2, 0) is 31.5 Å². The minimum atomic E-state index is -3.15. The van der Waals surface area contributed by atoms with E-state index in [4.69, 9.17) is 4.74 Å². The van der Waals surface area contributed by atoms with E-state index in [-0.39, 0.29) is 35.7 Å². The van der Waals surface area contributed by atoms with Gasteiger partial charge in [-0.3, -0.25) is 4.79 Å². The maximum atomic E-state index is 12.3. The van der Waals surface area contributed by atoms with Gasteiger partial charge in [0.15, 0.2) is 9.84 Å². The van der Waals surface area contributed by atoms with E-state index >= 15 is 0 Å². The van der Waals surface area contributed by atoms with Gasteiger partial charge in [0, 0.05) is 4.88 Å². The SMILES string of the molecule is CCOC(=O)c1c(NC(=O)[C@@H](C)SC)sc2c1CCS(=O)(=O)C2. The van der Waals surface area contributed by atoms with Crippen LogP contribution in [0, 0.1) is 0 Å². The lowest BCUT2D eigenvalue weighted by Crippen LogP contribution is -2.23. The zero-order valence-corrected chi connectivity index (χ0v) is 15.6. The van der Waals surface area contributed by atoms with Gasteiger partial charge in [-0.25, -0.2) is 13.2 Å². The van der Waals surface area contributed by atoms with Crippen LogP contribution in [0.2, 0.25) is 0 Å². The van der Waals surface area contributed by atoms with Crippen LogP contribution >= 0.6 is 23.1 Å². The molecule has 1 N–H and O–H groups in total. The van der Waals surface area contributed by atoms with E-state index < -0.39 is 15.8 Å². The minimum Gasteiger partial charge on any atom is -0.462 e. The summed E-state index contributed by atoms with van der Waals surface area (Å²) in [4.78, 5) is 25.0. The molecule has 0 spiro atoms. The van der Waals surface area contributed by atoms with Gasteiger partial charge in [0.05, 0.1) is 28.9 Å². The predicted molar refractivity (Wildman–Crippen MR) is 93.1 cm³/mol. The van der Waals surface area contributed by atoms with E-state index in [1.165, 1.54) is 11.8 Å². The highest BCUT2D eigenvalue weighted by atomic mass is 32.2. The Morgan fingerprint density at radius 3 is 2.74 bits per heavy atom. The third-order valence-corrected chi connectivity index (χ3v) is 7.35. The van der Waals surface area contributed by atoms with Gasteiger partial charge in [-0.15, -0.1) is 11.3 Å². The number of thiophene rings is 1. The van der Waals surface area contributed by atoms with Crippen molar-refractivity contribution in [3.05, 3.63) is 16.0 Å². The van der Waals surface area contributed by atoms with Crippen molar-refractivity contribution in [3.63, 3.8) is 0 Å². The molecule has 6 nitrogen and oxygen atoms in total. The van der Waals surface area contributed by atoms with E-state index in [1.54, 1.807) is 13.8 Å². The van der Waals surface area contributed by atoms with Crippen molar-refractivity contribution >= 4 is 49.8 Å². The zero-order chi connectivity index (χ0) is 17.2. The van der Waals surface area contributed by atoms with Gasteiger partial charge in [0.25, 0.3) is 0 Å². The van der Waals surface area contributed by atoms with Crippen molar-refractivity contribution in [2.75, 3.05) is 23.9 Å². The fourth-order valence-electron chi connectivity index (χ4n) is 2.25. The van der Waals surface area contributed by atoms with Gasteiger partial charge in [-0.05, 0) is 32.1 Å². The molecule has 1 amide bonds. The molecule has 2 heterocycles. The summed E-state index contributed by atoms with van der Waals surface area (Å²) in [7, 11) is -3.15. The van der Waals surface area contributed by atoms with Crippen molar-refractivity contribution in [3.8, 4) is 0 Å². The second-order valence-corrected chi connectivity index (χ2v) is 9.61. The quantitative estimate of drug-likeness (QED) is 0.790. The van der Waals surface area contributed by atoms with Crippen LogP contribution in [0.15, 0.2) is 0 Å². The number of amides is 1. The summed E-state index contributed by atoms with van der Waals surface area (Å²) in [5.41, 5.74) is 0.999. The molecule has 0 fully saturated rings. The number of hydrogen-bond donors (Lipinski definition) is 1. The Balaban J connectivity index is 2.42. The van der Waals surface area contributed by atoms with Crippen molar-refractivity contribution in [1.29, 1.82) is 0 Å². The van der Waals surface area contributed by atoms with Crippen molar-refractivity contribution in [2.45, 2.75) is 31.3 Å². The number of sulfone groups is 1. The van der Waals surface area contributed by atoms with Gasteiger partial charge >= 0.3 is 5.97 Å². The molecule has 1 atom stereocenters. The maximum Gasteiger partial charge on any atom is 0.341 e. The van der Waals surface area contributed by atoms with Gasteiger partial charge in [0.2, 0.25) is 5.91 Å². The first-order valence-corrected chi connectivity index (χ1v) is 11.1. The number of anilines is 1. The van der Waals surface area contributed by atoms with Crippen LogP contribution < -0.4 is 5.32 Å². The van der Waals surface area contributed by atoms with Gasteiger partial charge in [-0.1, -0.05) is 0 Å². The topological polar surface area (TPSA) is 89.5 Å². The lowest BCUT2D eigenvalue weighted by Gasteiger charge is -2.13. The van der Waals surface area contributed by atoms with Crippen LogP contribution in [0.25, 0.3) is 0 Å². The number of nitrogens with one attached hydrogen (secondary N) is 1. The van der Waals surface area contributed by atoms with E-state index in [1.807, 2.05) is 6.26 Å². The van der Waals surface area contributed by atoms with Crippen molar-refractivity contribution in [1.82, 2.24) is 0 Å². The highest BCUT2D eigenvalue weighted by molar-refractivity contribution is 7.99. The molecule has 128 valence electrons. The number of carbonyl (C=O) groups excluding carboxylic acids is 2. The lowest BCUT2D eigenvalue weighted by atomic mass is 10.1. The molecule has 0 unspecified atom stereocenters. The standard InChI is InChI=1S/C14H19NO5S3/c1-4-20-14(17)11-9-5-6-23(18,19)7-10(9)22-13(11)15-12(16)8(2)21-3/h8H,4-7H2,1-3H3,(H,15,16)/t8-/m1/s1. The number of hydrogen-bond acceptors (Lipinski definition) is 7. The molecule has 0 aliphatic carbocycles. The lowest BCUT2D eigenvalue weighted by molar-refractivity contribution is -0.115. The average Bonchev–Trinajstić information content (AvgIpc) is 2.82. The summed E-state index contributed by atoms with van der Waals surface area (Å²) in [6.07, 6.45) is 2.10. The molecule has 1 aromatic heterocycles. The number of thioether (sulfide) groups is 1. The fourth-order valence-corrected chi connectivity index (χ4v) is 5.56. The van der Waals surface area contributed by atoms with Crippen LogP contribution in [0.4, 0.5) is 5.00 Å². The molecule has 1 aromatic rings. The number of esters is 1. The van der Waals surface area contributed by atoms with Crippen LogP contribution in [0.3, 0.4) is 0 Å².